The maximum Gasteiger partial charge on any atom is 0.389 e. The largest absolute Gasteiger partial charge is 0.389 e. The Kier molecular flexibility index (Phi) is 6.25. The Hall–Kier alpha value is -2.68. The van der Waals surface area contributed by atoms with Crippen LogP contribution in [0.4, 0.5) is 17.6 Å². The van der Waals surface area contributed by atoms with Gasteiger partial charge in [0.25, 0.3) is 0 Å². The van der Waals surface area contributed by atoms with Crippen LogP contribution >= 0.6 is 11.6 Å². The van der Waals surface area contributed by atoms with Crippen molar-refractivity contribution in [2.24, 2.45) is 11.7 Å². The molecule has 170 valence electrons. The number of amides is 1. The molecular weight excluding hydrogens is 474 g/mol. The molecule has 1 saturated carbocycles. The number of halogens is 5. The first-order chi connectivity index (χ1) is 14.8. The van der Waals surface area contributed by atoms with Gasteiger partial charge in [-0.25, -0.2) is 12.8 Å². The number of hydrogen-bond acceptors (Lipinski definition) is 4. The van der Waals surface area contributed by atoms with Gasteiger partial charge in [0.15, 0.2) is 0 Å². The molecule has 2 aromatic carbocycles. The highest BCUT2D eigenvalue weighted by Crippen LogP contribution is 2.55. The predicted octanol–water partition coefficient (Wildman–Crippen LogP) is 3.74. The standard InChI is InChI=1S/C20H16ClF4N3O3S/c21-15-3-5-16(6-4-15)32(30,31)28(11-13-2-1-12(10-26)7-17(13)22)19(18(27)29)8-14(19)9-20(23,24)25/h1-7,14H,8-9,11H2,(H2,27,29)/t14-,19?/m1/s1. The maximum atomic E-state index is 14.5. The fraction of sp³-hybridized carbons (Fsp3) is 0.300. The third kappa shape index (κ3) is 4.57. The number of hydrogen-bond donors (Lipinski definition) is 1. The first-order valence-electron chi connectivity index (χ1n) is 9.15. The minimum atomic E-state index is -4.67. The number of primary amides is 1. The summed E-state index contributed by atoms with van der Waals surface area (Å²) in [6.45, 7) is -0.764. The van der Waals surface area contributed by atoms with Gasteiger partial charge in [0.05, 0.1) is 16.5 Å². The number of alkyl halides is 3. The van der Waals surface area contributed by atoms with Gasteiger partial charge in [-0.1, -0.05) is 17.7 Å². The van der Waals surface area contributed by atoms with Gasteiger partial charge in [0, 0.05) is 23.6 Å². The maximum absolute atomic E-state index is 14.5. The molecule has 0 bridgehead atoms. The molecule has 2 aromatic rings. The monoisotopic (exact) mass is 489 g/mol. The van der Waals surface area contributed by atoms with Crippen LogP contribution in [-0.2, 0) is 21.4 Å². The number of nitrogens with zero attached hydrogens (tertiary/aromatic N) is 2. The molecule has 6 nitrogen and oxygen atoms in total. The lowest BCUT2D eigenvalue weighted by atomic mass is 10.1. The number of carbonyl (C=O) groups is 1. The fourth-order valence-corrected chi connectivity index (χ4v) is 5.55. The van der Waals surface area contributed by atoms with Crippen molar-refractivity contribution in [3.8, 4) is 6.07 Å². The van der Waals surface area contributed by atoms with Crippen LogP contribution in [0.1, 0.15) is 24.0 Å². The van der Waals surface area contributed by atoms with Gasteiger partial charge in [-0.05, 0) is 48.7 Å². The summed E-state index contributed by atoms with van der Waals surface area (Å²) >= 11 is 5.79. The first-order valence-corrected chi connectivity index (χ1v) is 11.0. The molecule has 0 aliphatic heterocycles. The van der Waals surface area contributed by atoms with Gasteiger partial charge in [-0.3, -0.25) is 4.79 Å². The van der Waals surface area contributed by atoms with Gasteiger partial charge in [0.2, 0.25) is 15.9 Å². The summed E-state index contributed by atoms with van der Waals surface area (Å²) in [7, 11) is -4.60. The normalized spacial score (nSPS) is 20.7. The van der Waals surface area contributed by atoms with Crippen LogP contribution in [0.2, 0.25) is 5.02 Å². The van der Waals surface area contributed by atoms with Crippen LogP contribution in [0.25, 0.3) is 0 Å². The van der Waals surface area contributed by atoms with E-state index in [1.165, 1.54) is 18.2 Å². The molecule has 3 rings (SSSR count). The van der Waals surface area contributed by atoms with Gasteiger partial charge in [-0.15, -0.1) is 0 Å². The lowest BCUT2D eigenvalue weighted by Gasteiger charge is -2.30. The summed E-state index contributed by atoms with van der Waals surface area (Å²) in [5, 5.41) is 9.10. The Balaban J connectivity index is 2.12. The smallest absolute Gasteiger partial charge is 0.368 e. The number of nitriles is 1. The van der Waals surface area contributed by atoms with Crippen LogP contribution in [-0.4, -0.2) is 30.3 Å². The third-order valence-corrected chi connectivity index (χ3v) is 7.48. The van der Waals surface area contributed by atoms with E-state index in [4.69, 9.17) is 22.6 Å². The molecule has 0 aromatic heterocycles. The van der Waals surface area contributed by atoms with E-state index in [0.29, 0.717) is 4.31 Å². The molecule has 0 heterocycles. The summed E-state index contributed by atoms with van der Waals surface area (Å²) in [5.74, 6) is -3.64. The molecular formula is C20H16ClF4N3O3S. The SMILES string of the molecule is N#Cc1ccc(CN(C2(C(N)=O)C[C@@H]2CC(F)(F)F)S(=O)(=O)c2ccc(Cl)cc2)c(F)c1. The fourth-order valence-electron chi connectivity index (χ4n) is 3.64. The van der Waals surface area contributed by atoms with E-state index in [-0.39, 0.29) is 21.0 Å². The van der Waals surface area contributed by atoms with E-state index >= 15 is 0 Å². The second-order valence-corrected chi connectivity index (χ2v) is 9.69. The lowest BCUT2D eigenvalue weighted by molar-refractivity contribution is -0.142. The van der Waals surface area contributed by atoms with Crippen molar-refractivity contribution in [1.82, 2.24) is 4.31 Å². The van der Waals surface area contributed by atoms with Gasteiger partial charge in [-0.2, -0.15) is 22.7 Å². The van der Waals surface area contributed by atoms with Crippen LogP contribution in [0.3, 0.4) is 0 Å². The van der Waals surface area contributed by atoms with Crippen LogP contribution in [0.15, 0.2) is 47.4 Å². The minimum Gasteiger partial charge on any atom is -0.368 e. The van der Waals surface area contributed by atoms with E-state index in [1.807, 2.05) is 0 Å². The summed E-state index contributed by atoms with van der Waals surface area (Å²) in [4.78, 5) is 12.0. The predicted molar refractivity (Wildman–Crippen MR) is 106 cm³/mol. The van der Waals surface area contributed by atoms with Crippen molar-refractivity contribution in [2.75, 3.05) is 0 Å². The third-order valence-electron chi connectivity index (χ3n) is 5.32. The van der Waals surface area contributed by atoms with E-state index in [2.05, 4.69) is 0 Å². The molecule has 0 saturated heterocycles. The van der Waals surface area contributed by atoms with E-state index < -0.39 is 58.8 Å². The van der Waals surface area contributed by atoms with Crippen molar-refractivity contribution in [3.05, 3.63) is 64.4 Å². The summed E-state index contributed by atoms with van der Waals surface area (Å²) in [5.41, 5.74) is 2.95. The second-order valence-electron chi connectivity index (χ2n) is 7.39. The highest BCUT2D eigenvalue weighted by atomic mass is 35.5. The Morgan fingerprint density at radius 1 is 1.25 bits per heavy atom. The van der Waals surface area contributed by atoms with Crippen molar-refractivity contribution in [2.45, 2.75) is 36.0 Å². The minimum absolute atomic E-state index is 0.0376. The number of nitrogens with two attached hydrogens (primary N) is 1. The first kappa shape index (κ1) is 24.0. The highest BCUT2D eigenvalue weighted by molar-refractivity contribution is 7.89. The molecule has 0 spiro atoms. The Bertz CT molecular complexity index is 1200. The van der Waals surface area contributed by atoms with E-state index in [1.54, 1.807) is 6.07 Å². The summed E-state index contributed by atoms with van der Waals surface area (Å²) in [6, 6.07) is 9.69. The van der Waals surface area contributed by atoms with E-state index in [0.717, 1.165) is 24.3 Å². The molecule has 1 aliphatic carbocycles. The number of sulfonamides is 1. The molecule has 1 fully saturated rings. The molecule has 2 N–H and O–H groups in total. The lowest BCUT2D eigenvalue weighted by Crippen LogP contribution is -2.51. The summed E-state index contributed by atoms with van der Waals surface area (Å²) in [6.07, 6.45) is -6.57. The molecule has 2 atom stereocenters. The van der Waals surface area contributed by atoms with Crippen LogP contribution < -0.4 is 5.73 Å². The number of benzene rings is 2. The van der Waals surface area contributed by atoms with Gasteiger partial charge >= 0.3 is 6.18 Å². The quantitative estimate of drug-likeness (QED) is 0.598. The average molecular weight is 490 g/mol. The zero-order valence-electron chi connectivity index (χ0n) is 16.2. The van der Waals surface area contributed by atoms with Gasteiger partial charge in [0.1, 0.15) is 11.4 Å². The van der Waals surface area contributed by atoms with Crippen molar-refractivity contribution < 1.29 is 30.8 Å². The summed E-state index contributed by atoms with van der Waals surface area (Å²) < 4.78 is 80.9. The topological polar surface area (TPSA) is 104 Å². The average Bonchev–Trinajstić information content (AvgIpc) is 3.39. The Morgan fingerprint density at radius 3 is 2.38 bits per heavy atom. The zero-order valence-corrected chi connectivity index (χ0v) is 17.8. The van der Waals surface area contributed by atoms with E-state index in [9.17, 15) is 30.8 Å². The zero-order chi connectivity index (χ0) is 23.9. The Morgan fingerprint density at radius 2 is 1.88 bits per heavy atom. The molecule has 0 radical (unpaired) electrons. The van der Waals surface area contributed by atoms with Gasteiger partial charge < -0.3 is 5.73 Å². The molecule has 12 heteroatoms. The molecule has 1 amide bonds. The van der Waals surface area contributed by atoms with Crippen LogP contribution in [0.5, 0.6) is 0 Å². The second kappa shape index (κ2) is 8.35. The Labute approximate surface area is 186 Å². The van der Waals surface area contributed by atoms with Crippen molar-refractivity contribution in [1.29, 1.82) is 5.26 Å². The van der Waals surface area contributed by atoms with Crippen LogP contribution in [0, 0.1) is 23.1 Å². The van der Waals surface area contributed by atoms with Crippen molar-refractivity contribution in [3.63, 3.8) is 0 Å². The highest BCUT2D eigenvalue weighted by Gasteiger charge is 2.68. The molecule has 1 unspecified atom stereocenters. The number of rotatable bonds is 7. The molecule has 1 aliphatic rings. The molecule has 32 heavy (non-hydrogen) atoms. The van der Waals surface area contributed by atoms with Crippen molar-refractivity contribution >= 4 is 27.5 Å². The number of carbonyl (C=O) groups excluding carboxylic acids is 1.